The number of nitrogens with one attached hydrogen (secondary N) is 2. The molecule has 2 fully saturated rings. The van der Waals surface area contributed by atoms with Crippen molar-refractivity contribution >= 4 is 5.91 Å². The van der Waals surface area contributed by atoms with Crippen LogP contribution in [0, 0.1) is 0 Å². The number of hydrogen-bond donors (Lipinski definition) is 3. The molecule has 0 spiro atoms. The Morgan fingerprint density at radius 2 is 2.29 bits per heavy atom. The first-order valence-corrected chi connectivity index (χ1v) is 5.46. The van der Waals surface area contributed by atoms with Crippen LogP contribution in [-0.2, 0) is 4.79 Å². The van der Waals surface area contributed by atoms with Gasteiger partial charge < -0.3 is 15.7 Å². The van der Waals surface area contributed by atoms with Crippen LogP contribution in [0.1, 0.15) is 32.1 Å². The minimum Gasteiger partial charge on any atom is -0.392 e. The van der Waals surface area contributed by atoms with Gasteiger partial charge in [0.15, 0.2) is 0 Å². The second-order valence-corrected chi connectivity index (χ2v) is 4.32. The van der Waals surface area contributed by atoms with Gasteiger partial charge in [0, 0.05) is 25.0 Å². The molecule has 1 saturated heterocycles. The predicted octanol–water partition coefficient (Wildman–Crippen LogP) is -0.232. The molecule has 0 aromatic rings. The lowest BCUT2D eigenvalue weighted by Crippen LogP contribution is -2.43. The highest BCUT2D eigenvalue weighted by molar-refractivity contribution is 5.78. The van der Waals surface area contributed by atoms with Gasteiger partial charge in [-0.1, -0.05) is 0 Å². The van der Waals surface area contributed by atoms with Gasteiger partial charge in [0.05, 0.1) is 6.10 Å². The molecule has 1 heterocycles. The quantitative estimate of drug-likeness (QED) is 0.587. The van der Waals surface area contributed by atoms with E-state index in [4.69, 9.17) is 0 Å². The Hall–Kier alpha value is -0.610. The number of aliphatic hydroxyl groups is 1. The second-order valence-electron chi connectivity index (χ2n) is 4.32. The number of hydrogen-bond acceptors (Lipinski definition) is 3. The van der Waals surface area contributed by atoms with E-state index < -0.39 is 0 Å². The zero-order valence-corrected chi connectivity index (χ0v) is 8.33. The fourth-order valence-corrected chi connectivity index (χ4v) is 2.30. The Bertz CT molecular complexity index is 220. The van der Waals surface area contributed by atoms with Crippen molar-refractivity contribution in [3.63, 3.8) is 0 Å². The molecular weight excluding hydrogens is 180 g/mol. The van der Waals surface area contributed by atoms with Gasteiger partial charge in [0.25, 0.3) is 0 Å². The van der Waals surface area contributed by atoms with Crippen molar-refractivity contribution in [1.82, 2.24) is 10.6 Å². The summed E-state index contributed by atoms with van der Waals surface area (Å²) in [6.45, 7) is 0.799. The van der Waals surface area contributed by atoms with Gasteiger partial charge in [0.2, 0.25) is 5.91 Å². The minimum absolute atomic E-state index is 0.156. The molecule has 3 atom stereocenters. The molecule has 80 valence electrons. The highest BCUT2D eigenvalue weighted by atomic mass is 16.3. The Balaban J connectivity index is 1.69. The first kappa shape index (κ1) is 9.93. The molecule has 4 heteroatoms. The molecule has 14 heavy (non-hydrogen) atoms. The molecule has 0 aromatic heterocycles. The maximum atomic E-state index is 10.9. The smallest absolute Gasteiger partial charge is 0.220 e. The first-order valence-electron chi connectivity index (χ1n) is 5.46. The molecule has 0 bridgehead atoms. The van der Waals surface area contributed by atoms with E-state index in [1.54, 1.807) is 0 Å². The molecule has 1 aliphatic carbocycles. The van der Waals surface area contributed by atoms with E-state index in [0.29, 0.717) is 6.42 Å². The summed E-state index contributed by atoms with van der Waals surface area (Å²) in [7, 11) is 0. The lowest BCUT2D eigenvalue weighted by molar-refractivity contribution is -0.119. The van der Waals surface area contributed by atoms with Gasteiger partial charge in [0.1, 0.15) is 0 Å². The zero-order valence-electron chi connectivity index (χ0n) is 8.33. The minimum atomic E-state index is -0.188. The molecule has 1 unspecified atom stereocenters. The number of amides is 1. The van der Waals surface area contributed by atoms with Crippen LogP contribution in [0.2, 0.25) is 0 Å². The van der Waals surface area contributed by atoms with Crippen LogP contribution in [0.25, 0.3) is 0 Å². The van der Waals surface area contributed by atoms with E-state index in [2.05, 4.69) is 10.6 Å². The first-order chi connectivity index (χ1) is 6.75. The third-order valence-corrected chi connectivity index (χ3v) is 3.19. The SMILES string of the molecule is O=C1CCC(CN[C@@H]2CCC[C@H]2O)N1. The molecular formula is C10H18N2O2. The Kier molecular flexibility index (Phi) is 3.03. The summed E-state index contributed by atoms with van der Waals surface area (Å²) in [5, 5.41) is 15.8. The van der Waals surface area contributed by atoms with Crippen LogP contribution in [0.3, 0.4) is 0 Å². The summed E-state index contributed by atoms with van der Waals surface area (Å²) < 4.78 is 0. The summed E-state index contributed by atoms with van der Waals surface area (Å²) in [5.74, 6) is 0.156. The summed E-state index contributed by atoms with van der Waals surface area (Å²) in [5.41, 5.74) is 0. The highest BCUT2D eigenvalue weighted by Crippen LogP contribution is 2.18. The van der Waals surface area contributed by atoms with Crippen LogP contribution in [-0.4, -0.2) is 35.7 Å². The molecule has 2 rings (SSSR count). The summed E-state index contributed by atoms with van der Waals surface area (Å²) >= 11 is 0. The van der Waals surface area contributed by atoms with Gasteiger partial charge in [-0.15, -0.1) is 0 Å². The van der Waals surface area contributed by atoms with Gasteiger partial charge in [-0.2, -0.15) is 0 Å². The van der Waals surface area contributed by atoms with Crippen molar-refractivity contribution in [1.29, 1.82) is 0 Å². The fraction of sp³-hybridized carbons (Fsp3) is 0.900. The van der Waals surface area contributed by atoms with E-state index in [9.17, 15) is 9.90 Å². The maximum absolute atomic E-state index is 10.9. The van der Waals surface area contributed by atoms with Crippen molar-refractivity contribution in [3.05, 3.63) is 0 Å². The Morgan fingerprint density at radius 1 is 1.43 bits per heavy atom. The zero-order chi connectivity index (χ0) is 9.97. The second kappa shape index (κ2) is 4.28. The third kappa shape index (κ3) is 2.25. The molecule has 0 aromatic carbocycles. The molecule has 1 saturated carbocycles. The average Bonchev–Trinajstić information content (AvgIpc) is 2.72. The predicted molar refractivity (Wildman–Crippen MR) is 52.8 cm³/mol. The van der Waals surface area contributed by atoms with Crippen LogP contribution >= 0.6 is 0 Å². The lowest BCUT2D eigenvalue weighted by atomic mass is 10.2. The number of carbonyl (C=O) groups excluding carboxylic acids is 1. The van der Waals surface area contributed by atoms with E-state index in [1.807, 2.05) is 0 Å². The summed E-state index contributed by atoms with van der Waals surface area (Å²) in [6, 6.07) is 0.516. The molecule has 1 amide bonds. The van der Waals surface area contributed by atoms with Crippen molar-refractivity contribution in [2.75, 3.05) is 6.54 Å². The Morgan fingerprint density at radius 3 is 2.86 bits per heavy atom. The fourth-order valence-electron chi connectivity index (χ4n) is 2.30. The van der Waals surface area contributed by atoms with Gasteiger partial charge in [-0.25, -0.2) is 0 Å². The van der Waals surface area contributed by atoms with Crippen molar-refractivity contribution < 1.29 is 9.90 Å². The lowest BCUT2D eigenvalue weighted by Gasteiger charge is -2.19. The van der Waals surface area contributed by atoms with E-state index >= 15 is 0 Å². The normalized spacial score (nSPS) is 37.5. The molecule has 4 nitrogen and oxygen atoms in total. The summed E-state index contributed by atoms with van der Waals surface area (Å²) in [6.07, 6.45) is 4.47. The number of carbonyl (C=O) groups is 1. The molecule has 3 N–H and O–H groups in total. The standard InChI is InChI=1S/C10H18N2O2/c13-9-3-1-2-8(9)11-6-7-4-5-10(14)12-7/h7-9,11,13H,1-6H2,(H,12,14)/t7?,8-,9-/m1/s1. The van der Waals surface area contributed by atoms with Crippen LogP contribution < -0.4 is 10.6 Å². The van der Waals surface area contributed by atoms with Crippen molar-refractivity contribution in [2.24, 2.45) is 0 Å². The molecule has 2 aliphatic rings. The monoisotopic (exact) mass is 198 g/mol. The molecule has 0 radical (unpaired) electrons. The van der Waals surface area contributed by atoms with Crippen LogP contribution in [0.4, 0.5) is 0 Å². The van der Waals surface area contributed by atoms with E-state index in [0.717, 1.165) is 32.2 Å². The van der Waals surface area contributed by atoms with Gasteiger partial charge in [-0.3, -0.25) is 4.79 Å². The number of aliphatic hydroxyl groups excluding tert-OH is 1. The molecule has 1 aliphatic heterocycles. The maximum Gasteiger partial charge on any atom is 0.220 e. The van der Waals surface area contributed by atoms with E-state index in [-0.39, 0.29) is 24.1 Å². The van der Waals surface area contributed by atoms with Crippen molar-refractivity contribution in [2.45, 2.75) is 50.3 Å². The largest absolute Gasteiger partial charge is 0.392 e. The average molecular weight is 198 g/mol. The van der Waals surface area contributed by atoms with Gasteiger partial charge >= 0.3 is 0 Å². The van der Waals surface area contributed by atoms with Crippen LogP contribution in [0.15, 0.2) is 0 Å². The highest BCUT2D eigenvalue weighted by Gasteiger charge is 2.27. The Labute approximate surface area is 84.1 Å². The van der Waals surface area contributed by atoms with Crippen LogP contribution in [0.5, 0.6) is 0 Å². The van der Waals surface area contributed by atoms with Crippen molar-refractivity contribution in [3.8, 4) is 0 Å². The third-order valence-electron chi connectivity index (χ3n) is 3.19. The summed E-state index contributed by atoms with van der Waals surface area (Å²) in [4.78, 5) is 10.9. The van der Waals surface area contributed by atoms with E-state index in [1.165, 1.54) is 0 Å². The number of rotatable bonds is 3. The topological polar surface area (TPSA) is 61.4 Å². The van der Waals surface area contributed by atoms with Gasteiger partial charge in [-0.05, 0) is 25.7 Å².